The second-order valence-electron chi connectivity index (χ2n) is 6.42. The van der Waals surface area contributed by atoms with Crippen LogP contribution in [0.5, 0.6) is 0 Å². The molecule has 0 radical (unpaired) electrons. The van der Waals surface area contributed by atoms with Gasteiger partial charge < -0.3 is 5.11 Å². The van der Waals surface area contributed by atoms with Gasteiger partial charge in [-0.05, 0) is 24.0 Å². The molecular weight excluding hydrogens is 352 g/mol. The third kappa shape index (κ3) is 3.17. The van der Waals surface area contributed by atoms with E-state index in [2.05, 4.69) is 18.8 Å². The molecule has 0 bridgehead atoms. The predicted octanol–water partition coefficient (Wildman–Crippen LogP) is 3.47. The maximum absolute atomic E-state index is 12.7. The molecule has 0 aliphatic carbocycles. The van der Waals surface area contributed by atoms with Crippen molar-refractivity contribution in [3.63, 3.8) is 0 Å². The predicted molar refractivity (Wildman–Crippen MR) is 100 cm³/mol. The van der Waals surface area contributed by atoms with Gasteiger partial charge in [-0.1, -0.05) is 38.1 Å². The lowest BCUT2D eigenvalue weighted by atomic mass is 10.0. The first-order valence-corrected chi connectivity index (χ1v) is 8.96. The molecule has 3 rings (SSSR count). The van der Waals surface area contributed by atoms with E-state index in [1.54, 1.807) is 19.1 Å². The van der Waals surface area contributed by atoms with E-state index in [1.807, 2.05) is 12.1 Å². The number of benzene rings is 1. The fourth-order valence-corrected chi connectivity index (χ4v) is 3.75. The molecule has 0 fully saturated rings. The molecule has 3 aromatic rings. The summed E-state index contributed by atoms with van der Waals surface area (Å²) in [7, 11) is 0. The zero-order valence-corrected chi connectivity index (χ0v) is 15.5. The van der Waals surface area contributed by atoms with E-state index >= 15 is 0 Å². The lowest BCUT2D eigenvalue weighted by molar-refractivity contribution is 0.0701. The summed E-state index contributed by atoms with van der Waals surface area (Å²) in [5, 5.41) is 9.46. The Kier molecular flexibility index (Phi) is 4.73. The van der Waals surface area contributed by atoms with Gasteiger partial charge in [-0.15, -0.1) is 11.3 Å². The number of rotatable bonds is 5. The minimum atomic E-state index is -1.09. The molecule has 134 valence electrons. The summed E-state index contributed by atoms with van der Waals surface area (Å²) in [6.45, 7) is 5.60. The Morgan fingerprint density at radius 2 is 1.88 bits per heavy atom. The minimum Gasteiger partial charge on any atom is -0.477 e. The molecule has 7 heteroatoms. The number of aromatic nitrogens is 2. The number of ketones is 1. The maximum atomic E-state index is 12.7. The zero-order valence-electron chi connectivity index (χ0n) is 14.6. The van der Waals surface area contributed by atoms with Crippen molar-refractivity contribution >= 4 is 33.3 Å². The molecule has 0 atom stereocenters. The van der Waals surface area contributed by atoms with E-state index in [1.165, 1.54) is 10.9 Å². The Morgan fingerprint density at radius 1 is 1.23 bits per heavy atom. The number of fused-ring (bicyclic) bond motifs is 1. The van der Waals surface area contributed by atoms with Crippen LogP contribution in [0.25, 0.3) is 10.2 Å². The molecule has 2 aromatic heterocycles. The number of carbonyl (C=O) groups excluding carboxylic acids is 1. The van der Waals surface area contributed by atoms with Gasteiger partial charge in [0.2, 0.25) is 0 Å². The number of carboxylic acid groups (broad SMARTS) is 1. The van der Waals surface area contributed by atoms with Gasteiger partial charge in [0.1, 0.15) is 9.71 Å². The molecule has 0 aliphatic rings. The second-order valence-corrected chi connectivity index (χ2v) is 7.42. The average molecular weight is 370 g/mol. The van der Waals surface area contributed by atoms with E-state index in [4.69, 9.17) is 0 Å². The van der Waals surface area contributed by atoms with Crippen LogP contribution in [0.1, 0.15) is 50.9 Å². The van der Waals surface area contributed by atoms with Crippen LogP contribution in [0, 0.1) is 6.92 Å². The summed E-state index contributed by atoms with van der Waals surface area (Å²) in [5.74, 6) is -0.911. The Hall–Kier alpha value is -2.80. The fourth-order valence-electron chi connectivity index (χ4n) is 2.78. The van der Waals surface area contributed by atoms with Crippen molar-refractivity contribution < 1.29 is 14.7 Å². The minimum absolute atomic E-state index is 0.0953. The Labute approximate surface area is 153 Å². The molecule has 0 saturated carbocycles. The largest absolute Gasteiger partial charge is 0.477 e. The first kappa shape index (κ1) is 18.0. The van der Waals surface area contributed by atoms with Crippen LogP contribution in [0.4, 0.5) is 0 Å². The van der Waals surface area contributed by atoms with Crippen molar-refractivity contribution in [3.05, 3.63) is 62.5 Å². The molecule has 0 unspecified atom stereocenters. The monoisotopic (exact) mass is 370 g/mol. The van der Waals surface area contributed by atoms with E-state index in [-0.39, 0.29) is 22.6 Å². The molecule has 26 heavy (non-hydrogen) atoms. The van der Waals surface area contributed by atoms with Crippen LogP contribution in [-0.4, -0.2) is 26.4 Å². The van der Waals surface area contributed by atoms with Crippen molar-refractivity contribution in [1.29, 1.82) is 0 Å². The van der Waals surface area contributed by atoms with Gasteiger partial charge in [0.05, 0.1) is 18.3 Å². The van der Waals surface area contributed by atoms with Gasteiger partial charge in [0.25, 0.3) is 5.56 Å². The number of thiophene rings is 1. The Balaban J connectivity index is 1.94. The highest BCUT2D eigenvalue weighted by Gasteiger charge is 2.19. The molecule has 0 aliphatic heterocycles. The third-order valence-electron chi connectivity index (χ3n) is 4.32. The molecule has 6 nitrogen and oxygen atoms in total. The summed E-state index contributed by atoms with van der Waals surface area (Å²) in [5.41, 5.74) is 1.65. The topological polar surface area (TPSA) is 89.3 Å². The van der Waals surface area contributed by atoms with Crippen LogP contribution >= 0.6 is 11.3 Å². The quantitative estimate of drug-likeness (QED) is 0.695. The highest BCUT2D eigenvalue weighted by Crippen LogP contribution is 2.26. The van der Waals surface area contributed by atoms with Gasteiger partial charge in [0.15, 0.2) is 5.78 Å². The number of hydrogen-bond acceptors (Lipinski definition) is 5. The van der Waals surface area contributed by atoms with E-state index < -0.39 is 11.5 Å². The summed E-state index contributed by atoms with van der Waals surface area (Å²) < 4.78 is 1.23. The number of aromatic carboxylic acids is 1. The maximum Gasteiger partial charge on any atom is 0.346 e. The highest BCUT2D eigenvalue weighted by molar-refractivity contribution is 7.20. The molecule has 0 spiro atoms. The van der Waals surface area contributed by atoms with E-state index in [9.17, 15) is 19.5 Å². The number of carbonyl (C=O) groups is 2. The fraction of sp³-hybridized carbons (Fsp3) is 0.263. The van der Waals surface area contributed by atoms with Crippen molar-refractivity contribution in [2.75, 3.05) is 0 Å². The molecule has 0 saturated heterocycles. The molecule has 1 aromatic carbocycles. The molecule has 0 amide bonds. The third-order valence-corrected chi connectivity index (χ3v) is 5.51. The summed E-state index contributed by atoms with van der Waals surface area (Å²) in [4.78, 5) is 41.0. The van der Waals surface area contributed by atoms with Crippen LogP contribution in [0.15, 0.2) is 35.4 Å². The first-order valence-electron chi connectivity index (χ1n) is 8.14. The highest BCUT2D eigenvalue weighted by atomic mass is 32.1. The first-order chi connectivity index (χ1) is 12.3. The van der Waals surface area contributed by atoms with Crippen molar-refractivity contribution in [2.24, 2.45) is 0 Å². The summed E-state index contributed by atoms with van der Waals surface area (Å²) >= 11 is 0.965. The molecule has 1 N–H and O–H groups in total. The van der Waals surface area contributed by atoms with Crippen LogP contribution < -0.4 is 5.56 Å². The smallest absolute Gasteiger partial charge is 0.346 e. The summed E-state index contributed by atoms with van der Waals surface area (Å²) in [6, 6.07) is 7.33. The number of Topliss-reactive ketones (excluding diaryl/α,β-unsaturated/α-hetero) is 1. The van der Waals surface area contributed by atoms with Crippen LogP contribution in [0.3, 0.4) is 0 Å². The SMILES string of the molecule is Cc1c(C(=O)O)sc2ncn(CC(=O)c3ccc(C(C)C)cc3)c(=O)c12. The molecule has 2 heterocycles. The lowest BCUT2D eigenvalue weighted by Crippen LogP contribution is -2.24. The van der Waals surface area contributed by atoms with Gasteiger partial charge >= 0.3 is 5.97 Å². The van der Waals surface area contributed by atoms with Crippen molar-refractivity contribution in [1.82, 2.24) is 9.55 Å². The van der Waals surface area contributed by atoms with Gasteiger partial charge in [0, 0.05) is 5.56 Å². The Bertz CT molecular complexity index is 1060. The van der Waals surface area contributed by atoms with E-state index in [0.29, 0.717) is 21.9 Å². The number of nitrogens with zero attached hydrogens (tertiary/aromatic N) is 2. The number of aryl methyl sites for hydroxylation is 1. The Morgan fingerprint density at radius 3 is 2.46 bits per heavy atom. The summed E-state index contributed by atoms with van der Waals surface area (Å²) in [6.07, 6.45) is 1.30. The van der Waals surface area contributed by atoms with Crippen LogP contribution in [0.2, 0.25) is 0 Å². The number of hydrogen-bond donors (Lipinski definition) is 1. The van der Waals surface area contributed by atoms with Crippen LogP contribution in [-0.2, 0) is 6.54 Å². The second kappa shape index (κ2) is 6.84. The molecular formula is C19H18N2O4S. The van der Waals surface area contributed by atoms with Gasteiger partial charge in [-0.2, -0.15) is 0 Å². The lowest BCUT2D eigenvalue weighted by Gasteiger charge is -2.08. The standard InChI is InChI=1S/C19H18N2O4S/c1-10(2)12-4-6-13(7-5-12)14(22)8-21-9-20-17-15(18(21)23)11(3)16(26-17)19(24)25/h4-7,9-10H,8H2,1-3H3,(H,24,25). The number of carboxylic acids is 1. The van der Waals surface area contributed by atoms with E-state index in [0.717, 1.165) is 16.9 Å². The van der Waals surface area contributed by atoms with Crippen molar-refractivity contribution in [3.8, 4) is 0 Å². The van der Waals surface area contributed by atoms with Gasteiger partial charge in [-0.3, -0.25) is 14.2 Å². The normalized spacial score (nSPS) is 11.2. The van der Waals surface area contributed by atoms with Gasteiger partial charge in [-0.25, -0.2) is 9.78 Å². The van der Waals surface area contributed by atoms with Crippen molar-refractivity contribution in [2.45, 2.75) is 33.2 Å². The average Bonchev–Trinajstić information content (AvgIpc) is 2.95. The zero-order chi connectivity index (χ0) is 19.0.